The average molecular weight is 380 g/mol. The normalized spacial score (nSPS) is 9.89. The number of carbonyl (C=O) groups is 1. The highest BCUT2D eigenvalue weighted by Gasteiger charge is 2.20. The minimum atomic E-state index is -0.310. The summed E-state index contributed by atoms with van der Waals surface area (Å²) in [5.74, 6) is 10.3. The number of hydrogen-bond donors (Lipinski definition) is 2. The van der Waals surface area contributed by atoms with E-state index in [1.165, 1.54) is 0 Å². The molecule has 7 heteroatoms. The lowest BCUT2D eigenvalue weighted by Crippen LogP contribution is -2.27. The van der Waals surface area contributed by atoms with Crippen LogP contribution in [0.2, 0.25) is 0 Å². The molecular formula is C21H24N4O3. The number of ether oxygens (including phenoxy) is 2. The lowest BCUT2D eigenvalue weighted by molar-refractivity contribution is 0.0951. The van der Waals surface area contributed by atoms with Crippen LogP contribution in [-0.2, 0) is 7.05 Å². The smallest absolute Gasteiger partial charge is 0.272 e. The highest BCUT2D eigenvalue weighted by atomic mass is 16.5. The molecule has 1 amide bonds. The van der Waals surface area contributed by atoms with Crippen molar-refractivity contribution < 1.29 is 14.3 Å². The van der Waals surface area contributed by atoms with Gasteiger partial charge in [0.25, 0.3) is 5.91 Å². The molecule has 146 valence electrons. The Hall–Kier alpha value is -3.58. The third-order valence-electron chi connectivity index (χ3n) is 3.79. The van der Waals surface area contributed by atoms with Crippen LogP contribution in [0.1, 0.15) is 35.7 Å². The van der Waals surface area contributed by atoms with Crippen LogP contribution >= 0.6 is 0 Å². The van der Waals surface area contributed by atoms with E-state index in [-0.39, 0.29) is 18.5 Å². The number of hydrogen-bond acceptors (Lipinski definition) is 5. The molecule has 2 N–H and O–H groups in total. The van der Waals surface area contributed by atoms with Gasteiger partial charge in [-0.3, -0.25) is 4.79 Å². The van der Waals surface area contributed by atoms with Crippen molar-refractivity contribution in [1.82, 2.24) is 14.9 Å². The summed E-state index contributed by atoms with van der Waals surface area (Å²) >= 11 is 0. The van der Waals surface area contributed by atoms with Crippen molar-refractivity contribution in [1.29, 1.82) is 0 Å². The first-order chi connectivity index (χ1) is 13.4. The van der Waals surface area contributed by atoms with Crippen molar-refractivity contribution in [2.75, 3.05) is 26.1 Å². The van der Waals surface area contributed by atoms with Crippen LogP contribution in [-0.4, -0.2) is 42.3 Å². The zero-order chi connectivity index (χ0) is 20.7. The Morgan fingerprint density at radius 3 is 2.57 bits per heavy atom. The van der Waals surface area contributed by atoms with E-state index in [1.807, 2.05) is 19.9 Å². The molecule has 2 aromatic rings. The quantitative estimate of drug-likeness (QED) is 0.750. The van der Waals surface area contributed by atoms with Gasteiger partial charge >= 0.3 is 0 Å². The Kier molecular flexibility index (Phi) is 6.95. The number of imidazole rings is 1. The highest BCUT2D eigenvalue weighted by molar-refractivity contribution is 5.97. The predicted molar refractivity (Wildman–Crippen MR) is 109 cm³/mol. The molecule has 0 spiro atoms. The molecule has 0 unspecified atom stereocenters. The molecule has 0 atom stereocenters. The SMILES string of the molecule is C#CCNC(=O)c1c(NC(C)C)nc(C#Cc2ccc(OC)c(OC)c2)n1C. The molecular weight excluding hydrogens is 356 g/mol. The Morgan fingerprint density at radius 1 is 1.25 bits per heavy atom. The van der Waals surface area contributed by atoms with Crippen molar-refractivity contribution in [3.8, 4) is 35.7 Å². The number of aromatic nitrogens is 2. The number of anilines is 1. The fourth-order valence-electron chi connectivity index (χ4n) is 2.50. The van der Waals surface area contributed by atoms with Gasteiger partial charge in [-0.1, -0.05) is 11.8 Å². The van der Waals surface area contributed by atoms with E-state index in [1.54, 1.807) is 38.0 Å². The van der Waals surface area contributed by atoms with Gasteiger partial charge in [0, 0.05) is 18.7 Å². The number of rotatable bonds is 6. The van der Waals surface area contributed by atoms with Crippen LogP contribution in [0, 0.1) is 24.2 Å². The second-order valence-electron chi connectivity index (χ2n) is 6.20. The fourth-order valence-corrected chi connectivity index (χ4v) is 2.50. The minimum absolute atomic E-state index is 0.0979. The molecule has 1 aromatic heterocycles. The number of nitrogens with zero attached hydrogens (tertiary/aromatic N) is 2. The predicted octanol–water partition coefficient (Wildman–Crippen LogP) is 2.02. The van der Waals surface area contributed by atoms with Crippen molar-refractivity contribution >= 4 is 11.7 Å². The molecule has 0 radical (unpaired) electrons. The topological polar surface area (TPSA) is 77.4 Å². The van der Waals surface area contributed by atoms with Gasteiger partial charge in [-0.15, -0.1) is 6.42 Å². The summed E-state index contributed by atoms with van der Waals surface area (Å²) in [6.45, 7) is 4.07. The van der Waals surface area contributed by atoms with E-state index in [9.17, 15) is 4.79 Å². The van der Waals surface area contributed by atoms with E-state index >= 15 is 0 Å². The summed E-state index contributed by atoms with van der Waals surface area (Å²) in [6, 6.07) is 5.49. The number of methoxy groups -OCH3 is 2. The molecule has 0 bridgehead atoms. The molecule has 0 fully saturated rings. The molecule has 0 saturated carbocycles. The van der Waals surface area contributed by atoms with E-state index in [4.69, 9.17) is 15.9 Å². The van der Waals surface area contributed by atoms with Gasteiger partial charge in [-0.25, -0.2) is 4.98 Å². The standard InChI is InChI=1S/C21H24N4O3/c1-7-12-22-21(26)19-20(23-14(2)3)24-18(25(19)4)11-9-15-8-10-16(27-5)17(13-15)28-6/h1,8,10,13-14,23H,12H2,2-6H3,(H,22,26). The molecule has 0 aliphatic rings. The molecule has 0 saturated heterocycles. The summed E-state index contributed by atoms with van der Waals surface area (Å²) < 4.78 is 12.2. The molecule has 0 aliphatic carbocycles. The maximum Gasteiger partial charge on any atom is 0.272 e. The van der Waals surface area contributed by atoms with Gasteiger partial charge in [0.2, 0.25) is 0 Å². The maximum atomic E-state index is 12.5. The van der Waals surface area contributed by atoms with Gasteiger partial charge in [-0.2, -0.15) is 0 Å². The van der Waals surface area contributed by atoms with Crippen molar-refractivity contribution in [3.05, 3.63) is 35.3 Å². The average Bonchev–Trinajstić information content (AvgIpc) is 2.98. The molecule has 1 aromatic carbocycles. The number of nitrogens with one attached hydrogen (secondary N) is 2. The van der Waals surface area contributed by atoms with Crippen LogP contribution in [0.15, 0.2) is 18.2 Å². The lowest BCUT2D eigenvalue weighted by atomic mass is 10.2. The van der Waals surface area contributed by atoms with Gasteiger partial charge < -0.3 is 24.7 Å². The molecule has 7 nitrogen and oxygen atoms in total. The Bertz CT molecular complexity index is 958. The third kappa shape index (κ3) is 4.77. The number of amides is 1. The van der Waals surface area contributed by atoms with E-state index in [0.717, 1.165) is 5.56 Å². The number of carbonyl (C=O) groups excluding carboxylic acids is 1. The number of terminal acetylenes is 1. The van der Waals surface area contributed by atoms with Crippen molar-refractivity contribution in [3.63, 3.8) is 0 Å². The van der Waals surface area contributed by atoms with Gasteiger partial charge in [0.05, 0.1) is 20.8 Å². The first kappa shape index (κ1) is 20.7. The first-order valence-electron chi connectivity index (χ1n) is 8.70. The minimum Gasteiger partial charge on any atom is -0.493 e. The van der Waals surface area contributed by atoms with Crippen molar-refractivity contribution in [2.45, 2.75) is 19.9 Å². The highest BCUT2D eigenvalue weighted by Crippen LogP contribution is 2.27. The third-order valence-corrected chi connectivity index (χ3v) is 3.79. The molecule has 0 aliphatic heterocycles. The molecule has 2 rings (SSSR count). The van der Waals surface area contributed by atoms with Crippen LogP contribution in [0.3, 0.4) is 0 Å². The zero-order valence-corrected chi connectivity index (χ0v) is 16.7. The van der Waals surface area contributed by atoms with E-state index in [0.29, 0.717) is 28.8 Å². The Balaban J connectivity index is 2.42. The summed E-state index contributed by atoms with van der Waals surface area (Å²) in [7, 11) is 4.88. The van der Waals surface area contributed by atoms with Gasteiger partial charge in [0.15, 0.2) is 28.8 Å². The monoisotopic (exact) mass is 380 g/mol. The van der Waals surface area contributed by atoms with Crippen LogP contribution in [0.5, 0.6) is 11.5 Å². The summed E-state index contributed by atoms with van der Waals surface area (Å²) in [4.78, 5) is 17.0. The van der Waals surface area contributed by atoms with E-state index in [2.05, 4.69) is 33.4 Å². The van der Waals surface area contributed by atoms with Crippen LogP contribution in [0.4, 0.5) is 5.82 Å². The second kappa shape index (κ2) is 9.38. The molecule has 28 heavy (non-hydrogen) atoms. The first-order valence-corrected chi connectivity index (χ1v) is 8.70. The van der Waals surface area contributed by atoms with Gasteiger partial charge in [-0.05, 0) is 38.0 Å². The number of benzene rings is 1. The second-order valence-corrected chi connectivity index (χ2v) is 6.20. The maximum absolute atomic E-state index is 12.5. The van der Waals surface area contributed by atoms with Gasteiger partial charge in [0.1, 0.15) is 0 Å². The van der Waals surface area contributed by atoms with Crippen LogP contribution in [0.25, 0.3) is 0 Å². The lowest BCUT2D eigenvalue weighted by Gasteiger charge is -2.10. The Morgan fingerprint density at radius 2 is 1.96 bits per heavy atom. The Labute approximate surface area is 165 Å². The largest absolute Gasteiger partial charge is 0.493 e. The summed E-state index contributed by atoms with van der Waals surface area (Å²) in [5, 5.41) is 5.84. The van der Waals surface area contributed by atoms with Crippen molar-refractivity contribution in [2.24, 2.45) is 7.05 Å². The zero-order valence-electron chi connectivity index (χ0n) is 16.7. The fraction of sp³-hybridized carbons (Fsp3) is 0.333. The molecule has 1 heterocycles. The van der Waals surface area contributed by atoms with Crippen LogP contribution < -0.4 is 20.1 Å². The summed E-state index contributed by atoms with van der Waals surface area (Å²) in [6.07, 6.45) is 5.23. The van der Waals surface area contributed by atoms with E-state index < -0.39 is 0 Å². The summed E-state index contributed by atoms with van der Waals surface area (Å²) in [5.41, 5.74) is 1.11.